The third-order valence-electron chi connectivity index (χ3n) is 3.68. The standard InChI is InChI=1S/C13H15Cl2N3O2S/c1-8(14)12-17-11-5-9(15)6-16-13(11)18(12)10-3-2-4-21(19,20)7-10/h5-6,8,10H,2-4,7H2,1H3. The van der Waals surface area contributed by atoms with Crippen molar-refractivity contribution in [2.45, 2.75) is 31.2 Å². The summed E-state index contributed by atoms with van der Waals surface area (Å²) in [7, 11) is -3.02. The van der Waals surface area contributed by atoms with E-state index in [1.165, 1.54) is 0 Å². The maximum Gasteiger partial charge on any atom is 0.160 e. The Morgan fingerprint density at radius 2 is 2.24 bits per heavy atom. The summed E-state index contributed by atoms with van der Waals surface area (Å²) in [5, 5.41) is 0.166. The van der Waals surface area contributed by atoms with Crippen molar-refractivity contribution in [3.63, 3.8) is 0 Å². The summed E-state index contributed by atoms with van der Waals surface area (Å²) < 4.78 is 25.7. The monoisotopic (exact) mass is 347 g/mol. The SMILES string of the molecule is CC(Cl)c1nc2cc(Cl)cnc2n1C1CCCS(=O)(=O)C1. The van der Waals surface area contributed by atoms with Crippen LogP contribution >= 0.6 is 23.2 Å². The minimum atomic E-state index is -3.02. The van der Waals surface area contributed by atoms with E-state index in [4.69, 9.17) is 23.2 Å². The molecule has 2 unspecified atom stereocenters. The molecule has 8 heteroatoms. The highest BCUT2D eigenvalue weighted by Crippen LogP contribution is 2.32. The van der Waals surface area contributed by atoms with Gasteiger partial charge in [0.2, 0.25) is 0 Å². The molecular formula is C13H15Cl2N3O2S. The number of hydrogen-bond donors (Lipinski definition) is 0. The minimum Gasteiger partial charge on any atom is -0.307 e. The summed E-state index contributed by atoms with van der Waals surface area (Å²) in [6.07, 6.45) is 2.98. The van der Waals surface area contributed by atoms with Crippen LogP contribution in [0.5, 0.6) is 0 Å². The molecule has 21 heavy (non-hydrogen) atoms. The fourth-order valence-corrected chi connectivity index (χ4v) is 4.80. The van der Waals surface area contributed by atoms with Crippen LogP contribution in [0, 0.1) is 0 Å². The van der Waals surface area contributed by atoms with E-state index in [2.05, 4.69) is 9.97 Å². The summed E-state index contributed by atoms with van der Waals surface area (Å²) in [4.78, 5) is 8.81. The zero-order chi connectivity index (χ0) is 15.2. The number of nitrogens with zero attached hydrogens (tertiary/aromatic N) is 3. The molecule has 0 spiro atoms. The molecular weight excluding hydrogens is 333 g/mol. The van der Waals surface area contributed by atoms with Crippen LogP contribution in [0.1, 0.15) is 37.0 Å². The van der Waals surface area contributed by atoms with Crippen molar-refractivity contribution in [3.05, 3.63) is 23.1 Å². The molecule has 2 atom stereocenters. The van der Waals surface area contributed by atoms with E-state index in [1.807, 2.05) is 11.5 Å². The van der Waals surface area contributed by atoms with Crippen LogP contribution in [0.3, 0.4) is 0 Å². The van der Waals surface area contributed by atoms with Crippen molar-refractivity contribution >= 4 is 44.2 Å². The normalized spacial score (nSPS) is 23.3. The van der Waals surface area contributed by atoms with Gasteiger partial charge in [0.15, 0.2) is 15.5 Å². The number of pyridine rings is 1. The molecule has 2 aromatic heterocycles. The van der Waals surface area contributed by atoms with E-state index in [-0.39, 0.29) is 22.9 Å². The van der Waals surface area contributed by atoms with Gasteiger partial charge in [-0.3, -0.25) is 0 Å². The van der Waals surface area contributed by atoms with Gasteiger partial charge in [-0.1, -0.05) is 11.6 Å². The third-order valence-corrected chi connectivity index (χ3v) is 5.89. The molecule has 1 saturated heterocycles. The Bertz CT molecular complexity index is 786. The Kier molecular flexibility index (Phi) is 3.88. The number of imidazole rings is 1. The summed E-state index contributed by atoms with van der Waals surface area (Å²) >= 11 is 12.2. The quantitative estimate of drug-likeness (QED) is 0.782. The summed E-state index contributed by atoms with van der Waals surface area (Å²) in [6, 6.07) is 1.55. The molecule has 3 heterocycles. The number of rotatable bonds is 2. The van der Waals surface area contributed by atoms with E-state index in [9.17, 15) is 8.42 Å². The molecule has 0 saturated carbocycles. The maximum atomic E-state index is 11.9. The molecule has 114 valence electrons. The zero-order valence-electron chi connectivity index (χ0n) is 11.5. The largest absolute Gasteiger partial charge is 0.307 e. The van der Waals surface area contributed by atoms with Gasteiger partial charge in [0.25, 0.3) is 0 Å². The highest BCUT2D eigenvalue weighted by atomic mass is 35.5. The molecule has 2 aromatic rings. The van der Waals surface area contributed by atoms with Crippen LogP contribution in [0.25, 0.3) is 11.2 Å². The fourth-order valence-electron chi connectivity index (χ4n) is 2.82. The molecule has 1 fully saturated rings. The van der Waals surface area contributed by atoms with Crippen molar-refractivity contribution < 1.29 is 8.42 Å². The Morgan fingerprint density at radius 1 is 1.48 bits per heavy atom. The number of sulfone groups is 1. The number of alkyl halides is 1. The highest BCUT2D eigenvalue weighted by molar-refractivity contribution is 7.91. The number of hydrogen-bond acceptors (Lipinski definition) is 4. The van der Waals surface area contributed by atoms with Gasteiger partial charge in [0.05, 0.1) is 27.9 Å². The van der Waals surface area contributed by atoms with Gasteiger partial charge in [-0.2, -0.15) is 0 Å². The second kappa shape index (κ2) is 5.41. The summed E-state index contributed by atoms with van der Waals surface area (Å²) in [5.74, 6) is 1.00. The molecule has 0 aliphatic carbocycles. The van der Waals surface area contributed by atoms with E-state index >= 15 is 0 Å². The fraction of sp³-hybridized carbons (Fsp3) is 0.538. The summed E-state index contributed by atoms with van der Waals surface area (Å²) in [6.45, 7) is 1.82. The molecule has 1 aliphatic heterocycles. The molecule has 0 aromatic carbocycles. The van der Waals surface area contributed by atoms with E-state index in [1.54, 1.807) is 12.3 Å². The first-order valence-electron chi connectivity index (χ1n) is 6.75. The lowest BCUT2D eigenvalue weighted by molar-refractivity contribution is 0.464. The first kappa shape index (κ1) is 15.1. The minimum absolute atomic E-state index is 0.110. The Hall–Kier alpha value is -0.850. The predicted octanol–water partition coefficient (Wildman–Crippen LogP) is 3.13. The lowest BCUT2D eigenvalue weighted by Crippen LogP contribution is -2.28. The van der Waals surface area contributed by atoms with Gasteiger partial charge in [0, 0.05) is 6.20 Å². The van der Waals surface area contributed by atoms with Gasteiger partial charge in [-0.15, -0.1) is 11.6 Å². The van der Waals surface area contributed by atoms with Gasteiger partial charge >= 0.3 is 0 Å². The van der Waals surface area contributed by atoms with Gasteiger partial charge in [0.1, 0.15) is 11.3 Å². The second-order valence-corrected chi connectivity index (χ2v) is 8.68. The van der Waals surface area contributed by atoms with E-state index in [0.29, 0.717) is 28.4 Å². The van der Waals surface area contributed by atoms with Crippen molar-refractivity contribution in [3.8, 4) is 0 Å². The number of halogens is 2. The lowest BCUT2D eigenvalue weighted by Gasteiger charge is -2.25. The van der Waals surface area contributed by atoms with Crippen LogP contribution < -0.4 is 0 Å². The van der Waals surface area contributed by atoms with Crippen LogP contribution in [-0.2, 0) is 9.84 Å². The molecule has 0 amide bonds. The van der Waals surface area contributed by atoms with Crippen LogP contribution in [0.15, 0.2) is 12.3 Å². The summed E-state index contributed by atoms with van der Waals surface area (Å²) in [5.41, 5.74) is 1.29. The third kappa shape index (κ3) is 2.89. The smallest absolute Gasteiger partial charge is 0.160 e. The van der Waals surface area contributed by atoms with E-state index in [0.717, 1.165) is 6.42 Å². The molecule has 0 bridgehead atoms. The van der Waals surface area contributed by atoms with Gasteiger partial charge in [-0.05, 0) is 25.8 Å². The van der Waals surface area contributed by atoms with Crippen LogP contribution in [0.2, 0.25) is 5.02 Å². The molecule has 0 radical (unpaired) electrons. The average molecular weight is 348 g/mol. The first-order chi connectivity index (χ1) is 9.87. The Labute approximate surface area is 133 Å². The van der Waals surface area contributed by atoms with Crippen molar-refractivity contribution in [2.24, 2.45) is 0 Å². The van der Waals surface area contributed by atoms with E-state index < -0.39 is 9.84 Å². The molecule has 5 nitrogen and oxygen atoms in total. The second-order valence-electron chi connectivity index (χ2n) is 5.36. The zero-order valence-corrected chi connectivity index (χ0v) is 13.8. The molecule has 1 aliphatic rings. The number of fused-ring (bicyclic) bond motifs is 1. The topological polar surface area (TPSA) is 64.8 Å². The first-order valence-corrected chi connectivity index (χ1v) is 9.39. The van der Waals surface area contributed by atoms with Gasteiger partial charge in [-0.25, -0.2) is 18.4 Å². The highest BCUT2D eigenvalue weighted by Gasteiger charge is 2.30. The van der Waals surface area contributed by atoms with Crippen LogP contribution in [-0.4, -0.2) is 34.5 Å². The molecule has 0 N–H and O–H groups in total. The number of aromatic nitrogens is 3. The van der Waals surface area contributed by atoms with Crippen molar-refractivity contribution in [2.75, 3.05) is 11.5 Å². The van der Waals surface area contributed by atoms with Crippen LogP contribution in [0.4, 0.5) is 0 Å². The Balaban J connectivity index is 2.17. The molecule has 3 rings (SSSR count). The van der Waals surface area contributed by atoms with Gasteiger partial charge < -0.3 is 4.57 Å². The van der Waals surface area contributed by atoms with Crippen molar-refractivity contribution in [1.29, 1.82) is 0 Å². The lowest BCUT2D eigenvalue weighted by atomic mass is 10.2. The predicted molar refractivity (Wildman–Crippen MR) is 83.7 cm³/mol. The maximum absolute atomic E-state index is 11.9. The average Bonchev–Trinajstić information content (AvgIpc) is 2.76. The Morgan fingerprint density at radius 3 is 2.90 bits per heavy atom. The van der Waals surface area contributed by atoms with Crippen molar-refractivity contribution in [1.82, 2.24) is 14.5 Å².